The number of esters is 1. The van der Waals surface area contributed by atoms with Gasteiger partial charge in [0.1, 0.15) is 0 Å². The molecule has 1 fully saturated rings. The lowest BCUT2D eigenvalue weighted by Crippen LogP contribution is -2.31. The third-order valence-corrected chi connectivity index (χ3v) is 6.94. The van der Waals surface area contributed by atoms with Crippen LogP contribution in [0.1, 0.15) is 116 Å². The molecule has 1 saturated carbocycles. The lowest BCUT2D eigenvalue weighted by Gasteiger charge is -2.31. The third-order valence-electron chi connectivity index (χ3n) is 6.94. The molecule has 5 nitrogen and oxygen atoms in total. The summed E-state index contributed by atoms with van der Waals surface area (Å²) in [5.41, 5.74) is 0. The van der Waals surface area contributed by atoms with E-state index in [0.29, 0.717) is 12.5 Å². The summed E-state index contributed by atoms with van der Waals surface area (Å²) in [7, 11) is 0. The van der Waals surface area contributed by atoms with Crippen molar-refractivity contribution in [3.8, 4) is 0 Å². The van der Waals surface area contributed by atoms with E-state index in [1.165, 1.54) is 70.3 Å². The summed E-state index contributed by atoms with van der Waals surface area (Å²) in [6.45, 7) is 4.72. The van der Waals surface area contributed by atoms with E-state index >= 15 is 0 Å². The van der Waals surface area contributed by atoms with Crippen LogP contribution in [-0.2, 0) is 19.0 Å². The van der Waals surface area contributed by atoms with E-state index < -0.39 is 6.29 Å². The first-order chi connectivity index (χ1) is 16.2. The van der Waals surface area contributed by atoms with Crippen molar-refractivity contribution in [2.75, 3.05) is 13.2 Å². The monoisotopic (exact) mass is 464 g/mol. The van der Waals surface area contributed by atoms with Gasteiger partial charge in [-0.25, -0.2) is 4.79 Å². The summed E-state index contributed by atoms with van der Waals surface area (Å²) in [5, 5.41) is 10.4. The number of hydrogen-bond acceptors (Lipinski definition) is 5. The molecule has 2 unspecified atom stereocenters. The molecule has 190 valence electrons. The molecular weight excluding hydrogens is 416 g/mol. The van der Waals surface area contributed by atoms with Gasteiger partial charge in [0.05, 0.1) is 25.1 Å². The van der Waals surface area contributed by atoms with Crippen molar-refractivity contribution in [1.29, 1.82) is 0 Å². The molecule has 0 saturated heterocycles. The SMILES string of the molecule is C=CC(=O)OCCCCCCCCCCCCOC1=CCC(OC(O)C2CCCCC2)CC1. The van der Waals surface area contributed by atoms with Crippen molar-refractivity contribution in [2.45, 2.75) is 128 Å². The van der Waals surface area contributed by atoms with Gasteiger partial charge < -0.3 is 19.3 Å². The first kappa shape index (κ1) is 27.9. The van der Waals surface area contributed by atoms with Crippen LogP contribution in [0.5, 0.6) is 0 Å². The van der Waals surface area contributed by atoms with Crippen molar-refractivity contribution < 1.29 is 24.1 Å². The van der Waals surface area contributed by atoms with Crippen LogP contribution >= 0.6 is 0 Å². The van der Waals surface area contributed by atoms with Crippen LogP contribution in [0.15, 0.2) is 24.5 Å². The highest BCUT2D eigenvalue weighted by Crippen LogP contribution is 2.30. The van der Waals surface area contributed by atoms with Crippen molar-refractivity contribution in [1.82, 2.24) is 0 Å². The summed E-state index contributed by atoms with van der Waals surface area (Å²) in [5.74, 6) is 1.13. The largest absolute Gasteiger partial charge is 0.498 e. The Kier molecular flexibility index (Phi) is 15.3. The normalized spacial score (nSPS) is 20.2. The van der Waals surface area contributed by atoms with E-state index in [0.717, 1.165) is 63.7 Å². The number of allylic oxidation sites excluding steroid dienone is 1. The topological polar surface area (TPSA) is 65.0 Å². The minimum absolute atomic E-state index is 0.143. The fourth-order valence-corrected chi connectivity index (χ4v) is 4.82. The molecule has 0 spiro atoms. The van der Waals surface area contributed by atoms with Crippen LogP contribution in [0.2, 0.25) is 0 Å². The molecule has 1 N–H and O–H groups in total. The fraction of sp³-hybridized carbons (Fsp3) is 0.821. The Morgan fingerprint density at radius 3 is 2.12 bits per heavy atom. The molecule has 0 bridgehead atoms. The lowest BCUT2D eigenvalue weighted by molar-refractivity contribution is -0.173. The zero-order valence-corrected chi connectivity index (χ0v) is 20.8. The lowest BCUT2D eigenvalue weighted by atomic mass is 9.88. The summed E-state index contributed by atoms with van der Waals surface area (Å²) in [6.07, 6.45) is 23.8. The van der Waals surface area contributed by atoms with Gasteiger partial charge in [-0.05, 0) is 44.6 Å². The second-order valence-electron chi connectivity index (χ2n) is 9.75. The van der Waals surface area contributed by atoms with E-state index in [2.05, 4.69) is 12.7 Å². The minimum atomic E-state index is -0.583. The molecule has 2 atom stereocenters. The number of ether oxygens (including phenoxy) is 3. The zero-order valence-electron chi connectivity index (χ0n) is 20.8. The first-order valence-corrected chi connectivity index (χ1v) is 13.6. The van der Waals surface area contributed by atoms with Crippen molar-refractivity contribution in [2.24, 2.45) is 5.92 Å². The van der Waals surface area contributed by atoms with Crippen molar-refractivity contribution in [3.63, 3.8) is 0 Å². The Morgan fingerprint density at radius 1 is 0.939 bits per heavy atom. The van der Waals surface area contributed by atoms with E-state index in [-0.39, 0.29) is 12.1 Å². The van der Waals surface area contributed by atoms with E-state index in [1.807, 2.05) is 0 Å². The first-order valence-electron chi connectivity index (χ1n) is 13.6. The molecule has 0 aliphatic heterocycles. The fourth-order valence-electron chi connectivity index (χ4n) is 4.82. The highest BCUT2D eigenvalue weighted by Gasteiger charge is 2.26. The maximum atomic E-state index is 10.9. The van der Waals surface area contributed by atoms with Crippen LogP contribution < -0.4 is 0 Å². The molecule has 2 rings (SSSR count). The van der Waals surface area contributed by atoms with Gasteiger partial charge in [0.2, 0.25) is 0 Å². The third kappa shape index (κ3) is 13.2. The number of rotatable bonds is 18. The van der Waals surface area contributed by atoms with Crippen LogP contribution in [0, 0.1) is 5.92 Å². The van der Waals surface area contributed by atoms with Crippen LogP contribution in [-0.4, -0.2) is 36.7 Å². The molecule has 0 radical (unpaired) electrons. The molecule has 0 aromatic carbocycles. The molecule has 0 amide bonds. The Labute approximate surface area is 201 Å². The number of aliphatic hydroxyl groups excluding tert-OH is 1. The van der Waals surface area contributed by atoms with Gasteiger partial charge in [-0.15, -0.1) is 0 Å². The van der Waals surface area contributed by atoms with Gasteiger partial charge >= 0.3 is 5.97 Å². The van der Waals surface area contributed by atoms with E-state index in [4.69, 9.17) is 14.2 Å². The number of unbranched alkanes of at least 4 members (excludes halogenated alkanes) is 9. The van der Waals surface area contributed by atoms with Crippen LogP contribution in [0.3, 0.4) is 0 Å². The average Bonchev–Trinajstić information content (AvgIpc) is 2.85. The molecule has 5 heteroatoms. The number of hydrogen-bond donors (Lipinski definition) is 1. The Bertz CT molecular complexity index is 552. The standard InChI is InChI=1S/C28H48O5/c1-2-27(29)32-23-15-10-8-6-4-3-5-7-9-14-22-31-25-18-20-26(21-19-25)33-28(30)24-16-12-11-13-17-24/h2,18,24,26,28,30H,1,3-17,19-23H2. The molecule has 2 aliphatic rings. The van der Waals surface area contributed by atoms with Crippen LogP contribution in [0.25, 0.3) is 0 Å². The van der Waals surface area contributed by atoms with Gasteiger partial charge in [-0.2, -0.15) is 0 Å². The molecule has 0 heterocycles. The van der Waals surface area contributed by atoms with Crippen molar-refractivity contribution in [3.05, 3.63) is 24.5 Å². The average molecular weight is 465 g/mol. The molecule has 0 aromatic rings. The summed E-state index contributed by atoms with van der Waals surface area (Å²) in [6, 6.07) is 0. The predicted octanol–water partition coefficient (Wildman–Crippen LogP) is 6.98. The zero-order chi connectivity index (χ0) is 23.6. The predicted molar refractivity (Wildman–Crippen MR) is 133 cm³/mol. The van der Waals surface area contributed by atoms with E-state index in [9.17, 15) is 9.90 Å². The Balaban J connectivity index is 1.35. The van der Waals surface area contributed by atoms with Gasteiger partial charge in [0, 0.05) is 18.4 Å². The smallest absolute Gasteiger partial charge is 0.330 e. The van der Waals surface area contributed by atoms with Crippen LogP contribution in [0.4, 0.5) is 0 Å². The minimum Gasteiger partial charge on any atom is -0.498 e. The maximum absolute atomic E-state index is 10.9. The second kappa shape index (κ2) is 18.1. The second-order valence-corrected chi connectivity index (χ2v) is 9.75. The van der Waals surface area contributed by atoms with Crippen molar-refractivity contribution >= 4 is 5.97 Å². The summed E-state index contributed by atoms with van der Waals surface area (Å²) in [4.78, 5) is 10.9. The van der Waals surface area contributed by atoms with E-state index in [1.54, 1.807) is 0 Å². The Morgan fingerprint density at radius 2 is 1.55 bits per heavy atom. The highest BCUT2D eigenvalue weighted by molar-refractivity contribution is 5.81. The molecule has 0 aromatic heterocycles. The maximum Gasteiger partial charge on any atom is 0.330 e. The van der Waals surface area contributed by atoms with Gasteiger partial charge in [0.25, 0.3) is 0 Å². The molecular formula is C28H48O5. The van der Waals surface area contributed by atoms with Gasteiger partial charge in [-0.1, -0.05) is 77.2 Å². The molecule has 33 heavy (non-hydrogen) atoms. The number of carbonyl (C=O) groups excluding carboxylic acids is 1. The summed E-state index contributed by atoms with van der Waals surface area (Å²) < 4.78 is 16.9. The summed E-state index contributed by atoms with van der Waals surface area (Å²) >= 11 is 0. The number of carbonyl (C=O) groups is 1. The molecule has 2 aliphatic carbocycles. The van der Waals surface area contributed by atoms with Gasteiger partial charge in [-0.3, -0.25) is 0 Å². The van der Waals surface area contributed by atoms with Gasteiger partial charge in [0.15, 0.2) is 6.29 Å². The highest BCUT2D eigenvalue weighted by atomic mass is 16.6. The quantitative estimate of drug-likeness (QED) is 0.103. The Hall–Kier alpha value is -1.33. The number of aliphatic hydroxyl groups is 1.